The third-order valence-electron chi connectivity index (χ3n) is 3.66. The van der Waals surface area contributed by atoms with Crippen molar-refractivity contribution >= 4 is 11.3 Å². The highest BCUT2D eigenvalue weighted by atomic mass is 32.1. The van der Waals surface area contributed by atoms with Crippen molar-refractivity contribution in [2.24, 2.45) is 0 Å². The maximum atomic E-state index is 5.83. The quantitative estimate of drug-likeness (QED) is 0.861. The number of hydrogen-bond acceptors (Lipinski definition) is 6. The van der Waals surface area contributed by atoms with E-state index in [9.17, 15) is 0 Å². The second kappa shape index (κ2) is 6.44. The maximum absolute atomic E-state index is 5.83. The number of morpholine rings is 1. The van der Waals surface area contributed by atoms with Crippen LogP contribution < -0.4 is 0 Å². The molecule has 0 unspecified atom stereocenters. The summed E-state index contributed by atoms with van der Waals surface area (Å²) in [5, 5.41) is 7.53. The van der Waals surface area contributed by atoms with Crippen LogP contribution in [0.4, 0.5) is 0 Å². The first-order chi connectivity index (χ1) is 10.5. The molecule has 0 N–H and O–H groups in total. The lowest BCUT2D eigenvalue weighted by molar-refractivity contribution is -0.0405. The lowest BCUT2D eigenvalue weighted by Gasteiger charge is -2.32. The molecule has 120 valence electrons. The molecule has 0 amide bonds. The van der Waals surface area contributed by atoms with Crippen molar-refractivity contribution < 1.29 is 4.74 Å². The lowest BCUT2D eigenvalue weighted by Crippen LogP contribution is -2.43. The van der Waals surface area contributed by atoms with Gasteiger partial charge < -0.3 is 4.74 Å². The monoisotopic (exact) mass is 321 g/mol. The van der Waals surface area contributed by atoms with E-state index in [-0.39, 0.29) is 11.5 Å². The van der Waals surface area contributed by atoms with E-state index in [1.807, 2.05) is 4.68 Å². The second-order valence-corrected chi connectivity index (χ2v) is 7.60. The number of rotatable bonds is 4. The first kappa shape index (κ1) is 15.6. The Bertz CT molecular complexity index is 589. The topological polar surface area (TPSA) is 56.1 Å². The van der Waals surface area contributed by atoms with Gasteiger partial charge in [0, 0.05) is 30.4 Å². The third kappa shape index (κ3) is 3.91. The Kier molecular flexibility index (Phi) is 4.56. The number of ether oxygens (including phenoxy) is 1. The summed E-state index contributed by atoms with van der Waals surface area (Å²) < 4.78 is 7.66. The molecule has 6 nitrogen and oxygen atoms in total. The third-order valence-corrected chi connectivity index (χ3v) is 4.98. The zero-order valence-corrected chi connectivity index (χ0v) is 14.2. The number of hydrogen-bond donors (Lipinski definition) is 0. The summed E-state index contributed by atoms with van der Waals surface area (Å²) in [6, 6.07) is 0. The Hall–Kier alpha value is -1.31. The summed E-state index contributed by atoms with van der Waals surface area (Å²) >= 11 is 1.76. The van der Waals surface area contributed by atoms with Crippen molar-refractivity contribution in [1.29, 1.82) is 0 Å². The fourth-order valence-corrected chi connectivity index (χ4v) is 3.42. The predicted molar refractivity (Wildman–Crippen MR) is 85.9 cm³/mol. The van der Waals surface area contributed by atoms with E-state index < -0.39 is 0 Å². The zero-order valence-electron chi connectivity index (χ0n) is 13.4. The highest BCUT2D eigenvalue weighted by Crippen LogP contribution is 2.26. The molecule has 0 aromatic carbocycles. The van der Waals surface area contributed by atoms with E-state index in [2.05, 4.69) is 41.1 Å². The molecular formula is C15H23N5OS. The number of thiazole rings is 1. The molecule has 1 aliphatic rings. The van der Waals surface area contributed by atoms with E-state index in [4.69, 9.17) is 9.72 Å². The Morgan fingerprint density at radius 1 is 1.41 bits per heavy atom. The standard InChI is InChI=1S/C15H23N5OS/c1-15(2,3)14-18-12(9-22-14)6-19-4-5-21-13(7-19)8-20-11-16-10-17-20/h9-11,13H,4-8H2,1-3H3/t13-/m1/s1. The SMILES string of the molecule is CC(C)(C)c1nc(CN2CCO[C@@H](Cn3cncn3)C2)cs1. The molecule has 2 aromatic rings. The smallest absolute Gasteiger partial charge is 0.137 e. The molecular weight excluding hydrogens is 298 g/mol. The van der Waals surface area contributed by atoms with Crippen LogP contribution in [0.2, 0.25) is 0 Å². The largest absolute Gasteiger partial charge is 0.374 e. The molecule has 3 rings (SSSR count). The first-order valence-corrected chi connectivity index (χ1v) is 8.50. The summed E-state index contributed by atoms with van der Waals surface area (Å²) in [6.07, 6.45) is 3.46. The minimum Gasteiger partial charge on any atom is -0.374 e. The van der Waals surface area contributed by atoms with Crippen LogP contribution in [0.15, 0.2) is 18.0 Å². The van der Waals surface area contributed by atoms with Gasteiger partial charge in [0.05, 0.1) is 30.0 Å². The summed E-state index contributed by atoms with van der Waals surface area (Å²) in [5.74, 6) is 0. The molecule has 1 atom stereocenters. The van der Waals surface area contributed by atoms with Crippen molar-refractivity contribution in [1.82, 2.24) is 24.6 Å². The molecule has 1 saturated heterocycles. The fraction of sp³-hybridized carbons (Fsp3) is 0.667. The Morgan fingerprint density at radius 3 is 2.95 bits per heavy atom. The number of aromatic nitrogens is 4. The van der Waals surface area contributed by atoms with Crippen molar-refractivity contribution in [2.45, 2.75) is 45.4 Å². The highest BCUT2D eigenvalue weighted by Gasteiger charge is 2.23. The molecule has 0 spiro atoms. The molecule has 3 heterocycles. The summed E-state index contributed by atoms with van der Waals surface area (Å²) in [6.45, 7) is 10.9. The van der Waals surface area contributed by atoms with Gasteiger partial charge in [-0.2, -0.15) is 5.10 Å². The van der Waals surface area contributed by atoms with E-state index in [0.717, 1.165) is 38.5 Å². The van der Waals surface area contributed by atoms with Crippen molar-refractivity contribution in [3.05, 3.63) is 28.7 Å². The van der Waals surface area contributed by atoms with E-state index in [1.54, 1.807) is 24.0 Å². The molecule has 2 aromatic heterocycles. The average Bonchev–Trinajstić information content (AvgIpc) is 3.10. The Labute approximate surface area is 135 Å². The molecule has 22 heavy (non-hydrogen) atoms. The van der Waals surface area contributed by atoms with Gasteiger partial charge in [0.1, 0.15) is 12.7 Å². The van der Waals surface area contributed by atoms with Gasteiger partial charge in [0.2, 0.25) is 0 Å². The molecule has 1 fully saturated rings. The Balaban J connectivity index is 1.57. The fourth-order valence-electron chi connectivity index (χ4n) is 2.52. The van der Waals surface area contributed by atoms with E-state index in [1.165, 1.54) is 5.01 Å². The van der Waals surface area contributed by atoms with E-state index in [0.29, 0.717) is 0 Å². The molecule has 0 aliphatic carbocycles. The maximum Gasteiger partial charge on any atom is 0.137 e. The van der Waals surface area contributed by atoms with Gasteiger partial charge in [-0.05, 0) is 0 Å². The van der Waals surface area contributed by atoms with Gasteiger partial charge in [0.15, 0.2) is 0 Å². The molecule has 1 aliphatic heterocycles. The average molecular weight is 321 g/mol. The summed E-state index contributed by atoms with van der Waals surface area (Å²) in [7, 11) is 0. The van der Waals surface area contributed by atoms with Crippen LogP contribution in [0.5, 0.6) is 0 Å². The van der Waals surface area contributed by atoms with Crippen LogP contribution in [-0.4, -0.2) is 50.4 Å². The molecule has 7 heteroatoms. The molecule has 0 radical (unpaired) electrons. The van der Waals surface area contributed by atoms with Gasteiger partial charge in [-0.15, -0.1) is 11.3 Å². The van der Waals surface area contributed by atoms with Crippen molar-refractivity contribution in [3.8, 4) is 0 Å². The van der Waals surface area contributed by atoms with E-state index >= 15 is 0 Å². The van der Waals surface area contributed by atoms with Gasteiger partial charge in [-0.1, -0.05) is 20.8 Å². The first-order valence-electron chi connectivity index (χ1n) is 7.62. The van der Waals surface area contributed by atoms with Crippen LogP contribution >= 0.6 is 11.3 Å². The molecule has 0 bridgehead atoms. The minimum atomic E-state index is 0.129. The Morgan fingerprint density at radius 2 is 2.27 bits per heavy atom. The van der Waals surface area contributed by atoms with Crippen LogP contribution in [0.25, 0.3) is 0 Å². The predicted octanol–water partition coefficient (Wildman–Crippen LogP) is 1.93. The number of nitrogens with zero attached hydrogens (tertiary/aromatic N) is 5. The lowest BCUT2D eigenvalue weighted by atomic mass is 9.98. The van der Waals surface area contributed by atoms with Gasteiger partial charge in [-0.3, -0.25) is 9.58 Å². The summed E-state index contributed by atoms with van der Waals surface area (Å²) in [4.78, 5) is 11.2. The zero-order chi connectivity index (χ0) is 15.6. The second-order valence-electron chi connectivity index (χ2n) is 6.74. The van der Waals surface area contributed by atoms with Gasteiger partial charge in [-0.25, -0.2) is 9.97 Å². The highest BCUT2D eigenvalue weighted by molar-refractivity contribution is 7.09. The normalized spacial score (nSPS) is 20.4. The van der Waals surface area contributed by atoms with Crippen molar-refractivity contribution in [2.75, 3.05) is 19.7 Å². The van der Waals surface area contributed by atoms with Crippen LogP contribution in [0, 0.1) is 0 Å². The summed E-state index contributed by atoms with van der Waals surface area (Å²) in [5.41, 5.74) is 1.29. The van der Waals surface area contributed by atoms with Crippen LogP contribution in [0.3, 0.4) is 0 Å². The minimum absolute atomic E-state index is 0.129. The van der Waals surface area contributed by atoms with Crippen molar-refractivity contribution in [3.63, 3.8) is 0 Å². The van der Waals surface area contributed by atoms with Gasteiger partial charge in [0.25, 0.3) is 0 Å². The van der Waals surface area contributed by atoms with Crippen LogP contribution in [0.1, 0.15) is 31.5 Å². The van der Waals surface area contributed by atoms with Crippen LogP contribution in [-0.2, 0) is 23.2 Å². The molecule has 0 saturated carbocycles. The van der Waals surface area contributed by atoms with Gasteiger partial charge >= 0.3 is 0 Å².